The van der Waals surface area contributed by atoms with Crippen molar-refractivity contribution in [2.75, 3.05) is 18.1 Å². The number of anilines is 1. The number of amidine groups is 1. The van der Waals surface area contributed by atoms with Gasteiger partial charge in [0.25, 0.3) is 10.0 Å². The first kappa shape index (κ1) is 21.3. The normalized spacial score (nSPS) is 33.5. The van der Waals surface area contributed by atoms with Gasteiger partial charge in [0.05, 0.1) is 11.3 Å². The first-order chi connectivity index (χ1) is 15.8. The number of sulfonamides is 1. The van der Waals surface area contributed by atoms with Crippen LogP contribution in [-0.4, -0.2) is 39.2 Å². The summed E-state index contributed by atoms with van der Waals surface area (Å²) in [5.74, 6) is 1.90. The number of benzene rings is 1. The molecule has 6 aliphatic rings. The molecule has 176 valence electrons. The zero-order valence-electron chi connectivity index (χ0n) is 18.8. The van der Waals surface area contributed by atoms with Crippen molar-refractivity contribution in [1.29, 1.82) is 0 Å². The molecule has 7 rings (SSSR count). The van der Waals surface area contributed by atoms with Crippen molar-refractivity contribution in [1.82, 2.24) is 0 Å². The van der Waals surface area contributed by atoms with E-state index in [1.165, 1.54) is 25.3 Å². The molecule has 4 saturated carbocycles. The lowest BCUT2D eigenvalue weighted by Crippen LogP contribution is -2.51. The molecule has 7 nitrogen and oxygen atoms in total. The van der Waals surface area contributed by atoms with Crippen LogP contribution in [0.15, 0.2) is 27.5 Å². The number of rotatable bonds is 4. The number of carbonyl (C=O) groups is 2. The van der Waals surface area contributed by atoms with Crippen LogP contribution in [0.4, 0.5) is 5.69 Å². The van der Waals surface area contributed by atoms with Gasteiger partial charge in [0, 0.05) is 18.4 Å². The van der Waals surface area contributed by atoms with E-state index in [9.17, 15) is 18.0 Å². The molecule has 1 saturated heterocycles. The molecule has 1 aromatic rings. The van der Waals surface area contributed by atoms with Crippen LogP contribution in [0.5, 0.6) is 0 Å². The molecular formula is C25H30N2O5S. The molecule has 1 aromatic carbocycles. The third kappa shape index (κ3) is 3.61. The molecule has 0 unspecified atom stereocenters. The van der Waals surface area contributed by atoms with Crippen LogP contribution in [0.1, 0.15) is 74.6 Å². The zero-order valence-corrected chi connectivity index (χ0v) is 19.6. The molecule has 4 aliphatic carbocycles. The molecule has 4 bridgehead atoms. The van der Waals surface area contributed by atoms with E-state index in [2.05, 4.69) is 4.40 Å². The average Bonchev–Trinajstić information content (AvgIpc) is 3.01. The SMILES string of the molecule is O=C(OCC(=O)C12CC3CC(CC(C3)C1)C2)c1ccc2c(c1)S(=O)(=O)N=C1CCCCCN12. The maximum absolute atomic E-state index is 13.2. The number of esters is 1. The van der Waals surface area contributed by atoms with Crippen LogP contribution >= 0.6 is 0 Å². The highest BCUT2D eigenvalue weighted by atomic mass is 32.2. The fraction of sp³-hybridized carbons (Fsp3) is 0.640. The van der Waals surface area contributed by atoms with E-state index in [4.69, 9.17) is 4.74 Å². The number of ketones is 1. The van der Waals surface area contributed by atoms with Gasteiger partial charge in [0.1, 0.15) is 10.7 Å². The van der Waals surface area contributed by atoms with Crippen LogP contribution in [-0.2, 0) is 19.6 Å². The predicted molar refractivity (Wildman–Crippen MR) is 123 cm³/mol. The highest BCUT2D eigenvalue weighted by Gasteiger charge is 2.54. The van der Waals surface area contributed by atoms with Crippen molar-refractivity contribution in [3.05, 3.63) is 23.8 Å². The van der Waals surface area contributed by atoms with Gasteiger partial charge in [0.15, 0.2) is 12.4 Å². The highest BCUT2D eigenvalue weighted by molar-refractivity contribution is 7.90. The molecule has 2 heterocycles. The fourth-order valence-corrected chi connectivity index (χ4v) is 8.71. The molecule has 5 fully saturated rings. The van der Waals surface area contributed by atoms with E-state index < -0.39 is 16.0 Å². The number of carbonyl (C=O) groups excluding carboxylic acids is 2. The number of Topliss-reactive ketones (excluding diaryl/α,β-unsaturated/α-hetero) is 1. The summed E-state index contributed by atoms with van der Waals surface area (Å²) in [6.45, 7) is 0.480. The van der Waals surface area contributed by atoms with Crippen LogP contribution < -0.4 is 4.90 Å². The first-order valence-electron chi connectivity index (χ1n) is 12.3. The number of nitrogens with zero attached hydrogens (tertiary/aromatic N) is 2. The summed E-state index contributed by atoms with van der Waals surface area (Å²) in [5, 5.41) is 0. The van der Waals surface area contributed by atoms with Crippen molar-refractivity contribution in [2.45, 2.75) is 69.1 Å². The summed E-state index contributed by atoms with van der Waals surface area (Å²) in [6, 6.07) is 4.62. The van der Waals surface area contributed by atoms with Gasteiger partial charge >= 0.3 is 5.97 Å². The van der Waals surface area contributed by atoms with Crippen LogP contribution in [0.3, 0.4) is 0 Å². The topological polar surface area (TPSA) is 93.1 Å². The third-order valence-corrected chi connectivity index (χ3v) is 9.88. The molecular weight excluding hydrogens is 440 g/mol. The van der Waals surface area contributed by atoms with Gasteiger partial charge in [-0.15, -0.1) is 4.40 Å². The van der Waals surface area contributed by atoms with Gasteiger partial charge in [0.2, 0.25) is 0 Å². The maximum atomic E-state index is 13.2. The predicted octanol–water partition coefficient (Wildman–Crippen LogP) is 4.11. The minimum atomic E-state index is -3.88. The van der Waals surface area contributed by atoms with Crippen molar-refractivity contribution >= 4 is 33.3 Å². The Kier molecular flexibility index (Phi) is 4.94. The minimum absolute atomic E-state index is 0.0370. The van der Waals surface area contributed by atoms with Crippen molar-refractivity contribution in [2.24, 2.45) is 27.6 Å². The second-order valence-electron chi connectivity index (χ2n) is 10.8. The van der Waals surface area contributed by atoms with Gasteiger partial charge in [-0.2, -0.15) is 8.42 Å². The Morgan fingerprint density at radius 1 is 1.03 bits per heavy atom. The molecule has 8 heteroatoms. The van der Waals surface area contributed by atoms with E-state index in [-0.39, 0.29) is 28.3 Å². The van der Waals surface area contributed by atoms with Crippen LogP contribution in [0.25, 0.3) is 0 Å². The van der Waals surface area contributed by atoms with E-state index in [1.807, 2.05) is 4.90 Å². The van der Waals surface area contributed by atoms with Gasteiger partial charge in [-0.1, -0.05) is 6.42 Å². The Labute approximate surface area is 194 Å². The Morgan fingerprint density at radius 3 is 2.42 bits per heavy atom. The van der Waals surface area contributed by atoms with E-state index >= 15 is 0 Å². The minimum Gasteiger partial charge on any atom is -0.454 e. The molecule has 0 amide bonds. The molecule has 0 spiro atoms. The monoisotopic (exact) mass is 470 g/mol. The van der Waals surface area contributed by atoms with E-state index in [0.717, 1.165) is 38.5 Å². The van der Waals surface area contributed by atoms with Gasteiger partial charge in [-0.05, 0) is 87.3 Å². The highest BCUT2D eigenvalue weighted by Crippen LogP contribution is 2.60. The fourth-order valence-electron chi connectivity index (χ4n) is 7.43. The Bertz CT molecular complexity index is 1120. The van der Waals surface area contributed by atoms with Crippen molar-refractivity contribution < 1.29 is 22.7 Å². The summed E-state index contributed by atoms with van der Waals surface area (Å²) in [5.41, 5.74) is 0.402. The second kappa shape index (κ2) is 7.65. The lowest BCUT2D eigenvalue weighted by Gasteiger charge is -2.55. The number of ether oxygens (including phenoxy) is 1. The summed E-state index contributed by atoms with van der Waals surface area (Å²) in [4.78, 5) is 27.9. The molecule has 0 atom stereocenters. The number of fused-ring (bicyclic) bond motifs is 3. The van der Waals surface area contributed by atoms with Gasteiger partial charge in [-0.3, -0.25) is 4.79 Å². The lowest BCUT2D eigenvalue weighted by atomic mass is 9.48. The summed E-state index contributed by atoms with van der Waals surface area (Å²) < 4.78 is 35.1. The Morgan fingerprint density at radius 2 is 1.73 bits per heavy atom. The van der Waals surface area contributed by atoms with E-state index in [1.54, 1.807) is 12.1 Å². The molecule has 0 aromatic heterocycles. The second-order valence-corrected chi connectivity index (χ2v) is 12.4. The standard InChI is InChI=1S/C25H30N2O5S/c28-22(25-12-16-8-17(13-25)10-18(9-16)14-25)15-32-24(29)19-5-6-20-21(11-19)33(30,31)26-23-4-2-1-3-7-27(20)23/h5-6,11,16-18H,1-4,7-10,12-15H2. The van der Waals surface area contributed by atoms with Crippen LogP contribution in [0.2, 0.25) is 0 Å². The van der Waals surface area contributed by atoms with Crippen molar-refractivity contribution in [3.8, 4) is 0 Å². The summed E-state index contributed by atoms with van der Waals surface area (Å²) in [7, 11) is -3.88. The quantitative estimate of drug-likeness (QED) is 0.615. The van der Waals surface area contributed by atoms with Gasteiger partial charge < -0.3 is 9.64 Å². The largest absolute Gasteiger partial charge is 0.454 e. The number of hydrogen-bond donors (Lipinski definition) is 0. The number of hydrogen-bond acceptors (Lipinski definition) is 6. The molecule has 0 N–H and O–H groups in total. The van der Waals surface area contributed by atoms with E-state index in [0.29, 0.717) is 42.2 Å². The Hall–Kier alpha value is -2.22. The molecule has 2 aliphatic heterocycles. The molecule has 33 heavy (non-hydrogen) atoms. The first-order valence-corrected chi connectivity index (χ1v) is 13.7. The average molecular weight is 471 g/mol. The summed E-state index contributed by atoms with van der Waals surface area (Å²) >= 11 is 0. The Balaban J connectivity index is 1.19. The maximum Gasteiger partial charge on any atom is 0.338 e. The van der Waals surface area contributed by atoms with Crippen molar-refractivity contribution in [3.63, 3.8) is 0 Å². The zero-order chi connectivity index (χ0) is 22.8. The van der Waals surface area contributed by atoms with Gasteiger partial charge in [-0.25, -0.2) is 4.79 Å². The smallest absolute Gasteiger partial charge is 0.338 e. The third-order valence-electron chi connectivity index (χ3n) is 8.55. The molecule has 0 radical (unpaired) electrons. The van der Waals surface area contributed by atoms with Crippen LogP contribution in [0, 0.1) is 23.2 Å². The lowest BCUT2D eigenvalue weighted by molar-refractivity contribution is -0.147. The summed E-state index contributed by atoms with van der Waals surface area (Å²) in [6.07, 6.45) is 10.1.